The lowest BCUT2D eigenvalue weighted by Gasteiger charge is -2.35. The van der Waals surface area contributed by atoms with E-state index in [1.54, 1.807) is 12.1 Å². The zero-order valence-electron chi connectivity index (χ0n) is 13.8. The van der Waals surface area contributed by atoms with Crippen molar-refractivity contribution in [3.05, 3.63) is 35.6 Å². The summed E-state index contributed by atoms with van der Waals surface area (Å²) in [7, 11) is 0. The van der Waals surface area contributed by atoms with Gasteiger partial charge in [-0.3, -0.25) is 9.59 Å². The summed E-state index contributed by atoms with van der Waals surface area (Å²) in [6.07, 6.45) is 1.84. The summed E-state index contributed by atoms with van der Waals surface area (Å²) in [5.74, 6) is -2.50. The number of amides is 1. The first-order valence-corrected chi connectivity index (χ1v) is 7.96. The predicted octanol–water partition coefficient (Wildman–Crippen LogP) is 3.53. The first kappa shape index (κ1) is 17.4. The van der Waals surface area contributed by atoms with Gasteiger partial charge < -0.3 is 10.4 Å². The molecule has 0 spiro atoms. The number of carboxylic acid groups (broad SMARTS) is 1. The van der Waals surface area contributed by atoms with Crippen molar-refractivity contribution in [3.8, 4) is 0 Å². The van der Waals surface area contributed by atoms with Crippen LogP contribution in [0.15, 0.2) is 24.3 Å². The smallest absolute Gasteiger partial charge is 0.307 e. The second-order valence-corrected chi connectivity index (χ2v) is 7.51. The van der Waals surface area contributed by atoms with Gasteiger partial charge in [-0.25, -0.2) is 4.39 Å². The number of hydrogen-bond acceptors (Lipinski definition) is 2. The zero-order valence-corrected chi connectivity index (χ0v) is 13.8. The summed E-state index contributed by atoms with van der Waals surface area (Å²) < 4.78 is 13.1. The Bertz CT molecular complexity index is 577. The third-order valence-electron chi connectivity index (χ3n) is 4.33. The van der Waals surface area contributed by atoms with E-state index in [1.807, 2.05) is 0 Å². The van der Waals surface area contributed by atoms with Crippen LogP contribution in [0.5, 0.6) is 0 Å². The number of carbonyl (C=O) groups is 2. The van der Waals surface area contributed by atoms with Crippen LogP contribution in [-0.2, 0) is 9.59 Å². The van der Waals surface area contributed by atoms with Gasteiger partial charge in [-0.1, -0.05) is 32.9 Å². The molecule has 126 valence electrons. The van der Waals surface area contributed by atoms with Crippen LogP contribution in [0.2, 0.25) is 0 Å². The minimum Gasteiger partial charge on any atom is -0.481 e. The largest absolute Gasteiger partial charge is 0.481 e. The number of hydrogen-bond donors (Lipinski definition) is 2. The average Bonchev–Trinajstić information content (AvgIpc) is 2.34. The summed E-state index contributed by atoms with van der Waals surface area (Å²) in [5.41, 5.74) is 0.805. The van der Waals surface area contributed by atoms with E-state index in [9.17, 15) is 14.0 Å². The first-order valence-electron chi connectivity index (χ1n) is 7.96. The van der Waals surface area contributed by atoms with Crippen LogP contribution >= 0.6 is 0 Å². The highest BCUT2D eigenvalue weighted by Crippen LogP contribution is 2.36. The summed E-state index contributed by atoms with van der Waals surface area (Å²) in [6.45, 7) is 6.21. The summed E-state index contributed by atoms with van der Waals surface area (Å²) >= 11 is 0. The summed E-state index contributed by atoms with van der Waals surface area (Å²) in [4.78, 5) is 23.5. The SMILES string of the molecule is CC(C)(C)CC(NC(=O)C1CCC1C(=O)O)c1ccc(F)cc1. The Morgan fingerprint density at radius 3 is 2.22 bits per heavy atom. The molecule has 3 unspecified atom stereocenters. The Labute approximate surface area is 136 Å². The Morgan fingerprint density at radius 1 is 1.22 bits per heavy atom. The average molecular weight is 321 g/mol. The molecular weight excluding hydrogens is 297 g/mol. The van der Waals surface area contributed by atoms with Crippen molar-refractivity contribution in [2.45, 2.75) is 46.1 Å². The number of rotatable bonds is 5. The Morgan fingerprint density at radius 2 is 1.78 bits per heavy atom. The molecule has 0 saturated heterocycles. The molecule has 0 radical (unpaired) electrons. The van der Waals surface area contributed by atoms with E-state index in [1.165, 1.54) is 12.1 Å². The second kappa shape index (κ2) is 6.69. The maximum atomic E-state index is 13.1. The molecule has 1 aromatic rings. The molecule has 1 fully saturated rings. The van der Waals surface area contributed by atoms with E-state index in [2.05, 4.69) is 26.1 Å². The molecule has 0 aliphatic heterocycles. The second-order valence-electron chi connectivity index (χ2n) is 7.51. The van der Waals surface area contributed by atoms with Gasteiger partial charge in [-0.2, -0.15) is 0 Å². The molecule has 3 atom stereocenters. The fourth-order valence-electron chi connectivity index (χ4n) is 2.95. The highest BCUT2D eigenvalue weighted by atomic mass is 19.1. The molecule has 2 rings (SSSR count). The number of halogens is 1. The Kier molecular flexibility index (Phi) is 5.07. The summed E-state index contributed by atoms with van der Waals surface area (Å²) in [5, 5.41) is 12.1. The molecule has 1 amide bonds. The number of aliphatic carboxylic acids is 1. The minimum absolute atomic E-state index is 0.0296. The lowest BCUT2D eigenvalue weighted by molar-refractivity contribution is -0.153. The predicted molar refractivity (Wildman–Crippen MR) is 85.2 cm³/mol. The third kappa shape index (κ3) is 4.53. The van der Waals surface area contributed by atoms with E-state index in [0.29, 0.717) is 19.3 Å². The van der Waals surface area contributed by atoms with Crippen LogP contribution in [-0.4, -0.2) is 17.0 Å². The van der Waals surface area contributed by atoms with Gasteiger partial charge in [0.15, 0.2) is 0 Å². The van der Waals surface area contributed by atoms with E-state index in [-0.39, 0.29) is 23.2 Å². The molecule has 0 aromatic heterocycles. The molecule has 2 N–H and O–H groups in total. The van der Waals surface area contributed by atoms with E-state index >= 15 is 0 Å². The number of carboxylic acids is 1. The van der Waals surface area contributed by atoms with Crippen molar-refractivity contribution in [3.63, 3.8) is 0 Å². The molecule has 0 heterocycles. The third-order valence-corrected chi connectivity index (χ3v) is 4.33. The van der Waals surface area contributed by atoms with Gasteiger partial charge in [0, 0.05) is 0 Å². The molecule has 1 saturated carbocycles. The van der Waals surface area contributed by atoms with Crippen molar-refractivity contribution in [1.29, 1.82) is 0 Å². The van der Waals surface area contributed by atoms with Crippen LogP contribution in [0, 0.1) is 23.1 Å². The van der Waals surface area contributed by atoms with Gasteiger partial charge in [0.05, 0.1) is 17.9 Å². The molecule has 1 aliphatic rings. The van der Waals surface area contributed by atoms with E-state index < -0.39 is 17.8 Å². The number of nitrogens with one attached hydrogen (secondary N) is 1. The molecule has 4 nitrogen and oxygen atoms in total. The molecule has 1 aliphatic carbocycles. The quantitative estimate of drug-likeness (QED) is 0.872. The number of carbonyl (C=O) groups excluding carboxylic acids is 1. The first-order chi connectivity index (χ1) is 10.7. The van der Waals surface area contributed by atoms with Gasteiger partial charge in [-0.05, 0) is 42.4 Å². The molecular formula is C18H24FNO3. The van der Waals surface area contributed by atoms with E-state index in [4.69, 9.17) is 5.11 Å². The van der Waals surface area contributed by atoms with Crippen molar-refractivity contribution in [2.75, 3.05) is 0 Å². The normalized spacial score (nSPS) is 22.1. The topological polar surface area (TPSA) is 66.4 Å². The van der Waals surface area contributed by atoms with Crippen molar-refractivity contribution >= 4 is 11.9 Å². The van der Waals surface area contributed by atoms with Crippen LogP contribution in [0.25, 0.3) is 0 Å². The lowest BCUT2D eigenvalue weighted by atomic mass is 9.73. The summed E-state index contributed by atoms with van der Waals surface area (Å²) in [6, 6.07) is 5.84. The van der Waals surface area contributed by atoms with Gasteiger partial charge in [-0.15, -0.1) is 0 Å². The maximum Gasteiger partial charge on any atom is 0.307 e. The number of benzene rings is 1. The fraction of sp³-hybridized carbons (Fsp3) is 0.556. The van der Waals surface area contributed by atoms with E-state index in [0.717, 1.165) is 5.56 Å². The molecule has 1 aromatic carbocycles. The lowest BCUT2D eigenvalue weighted by Crippen LogP contribution is -2.45. The van der Waals surface area contributed by atoms with Gasteiger partial charge in [0.25, 0.3) is 0 Å². The molecule has 5 heteroatoms. The van der Waals surface area contributed by atoms with Crippen molar-refractivity contribution < 1.29 is 19.1 Å². The van der Waals surface area contributed by atoms with Crippen LogP contribution < -0.4 is 5.32 Å². The van der Waals surface area contributed by atoms with Crippen LogP contribution in [0.3, 0.4) is 0 Å². The molecule has 23 heavy (non-hydrogen) atoms. The van der Waals surface area contributed by atoms with Crippen molar-refractivity contribution in [1.82, 2.24) is 5.32 Å². The Balaban J connectivity index is 2.13. The Hall–Kier alpha value is -1.91. The minimum atomic E-state index is -0.912. The monoisotopic (exact) mass is 321 g/mol. The van der Waals surface area contributed by atoms with Crippen LogP contribution in [0.4, 0.5) is 4.39 Å². The molecule has 0 bridgehead atoms. The highest BCUT2D eigenvalue weighted by Gasteiger charge is 2.42. The van der Waals surface area contributed by atoms with Crippen LogP contribution in [0.1, 0.15) is 51.6 Å². The highest BCUT2D eigenvalue weighted by molar-refractivity contribution is 5.86. The zero-order chi connectivity index (χ0) is 17.2. The van der Waals surface area contributed by atoms with Crippen molar-refractivity contribution in [2.24, 2.45) is 17.3 Å². The van der Waals surface area contributed by atoms with Gasteiger partial charge in [0.2, 0.25) is 5.91 Å². The van der Waals surface area contributed by atoms with Gasteiger partial charge in [0.1, 0.15) is 5.82 Å². The fourth-order valence-corrected chi connectivity index (χ4v) is 2.95. The maximum absolute atomic E-state index is 13.1. The van der Waals surface area contributed by atoms with Gasteiger partial charge >= 0.3 is 5.97 Å². The standard InChI is InChI=1S/C18H24FNO3/c1-18(2,3)10-15(11-4-6-12(19)7-5-11)20-16(21)13-8-9-14(13)17(22)23/h4-7,13-15H,8-10H2,1-3H3,(H,20,21)(H,22,23).